The number of hydrogen-bond donors (Lipinski definition) is 1. The lowest BCUT2D eigenvalue weighted by atomic mass is 10.1. The van der Waals surface area contributed by atoms with Gasteiger partial charge in [0, 0.05) is 45.9 Å². The number of piperazine rings is 1. The van der Waals surface area contributed by atoms with Gasteiger partial charge in [-0.1, -0.05) is 6.07 Å². The number of halogens is 1. The Kier molecular flexibility index (Phi) is 12.1. The predicted octanol–water partition coefficient (Wildman–Crippen LogP) is 2.93. The number of nitrogens with zero attached hydrogens (tertiary/aromatic N) is 3. The zero-order valence-corrected chi connectivity index (χ0v) is 22.5. The van der Waals surface area contributed by atoms with Crippen LogP contribution in [0, 0.1) is 0 Å². The lowest BCUT2D eigenvalue weighted by Gasteiger charge is -2.37. The van der Waals surface area contributed by atoms with Gasteiger partial charge in [0.2, 0.25) is 0 Å². The summed E-state index contributed by atoms with van der Waals surface area (Å²) in [6.07, 6.45) is 3.48. The third kappa shape index (κ3) is 7.91. The number of nitrogens with one attached hydrogen (secondary N) is 1. The van der Waals surface area contributed by atoms with E-state index in [0.717, 1.165) is 82.4 Å². The SMILES string of the molecule is CCNC(=NCCCc1ccc(OC)c(OCC)c1)N1CCN(C(=O)C2CCCO2)CC1.I. The van der Waals surface area contributed by atoms with Gasteiger partial charge in [-0.15, -0.1) is 24.0 Å². The van der Waals surface area contributed by atoms with Crippen molar-refractivity contribution in [2.24, 2.45) is 4.99 Å². The molecule has 0 radical (unpaired) electrons. The van der Waals surface area contributed by atoms with Crippen molar-refractivity contribution in [2.75, 3.05) is 59.6 Å². The van der Waals surface area contributed by atoms with E-state index in [1.807, 2.05) is 17.9 Å². The van der Waals surface area contributed by atoms with E-state index >= 15 is 0 Å². The molecule has 9 heteroatoms. The molecule has 1 aromatic carbocycles. The van der Waals surface area contributed by atoms with Crippen LogP contribution < -0.4 is 14.8 Å². The Hall–Kier alpha value is -1.75. The zero-order chi connectivity index (χ0) is 22.8. The van der Waals surface area contributed by atoms with Crippen LogP contribution in [0.5, 0.6) is 11.5 Å². The number of methoxy groups -OCH3 is 1. The van der Waals surface area contributed by atoms with Crippen molar-refractivity contribution in [3.63, 3.8) is 0 Å². The summed E-state index contributed by atoms with van der Waals surface area (Å²) < 4.78 is 16.6. The first kappa shape index (κ1) is 27.5. The normalized spacial score (nSPS) is 18.6. The Balaban J connectivity index is 0.00000385. The summed E-state index contributed by atoms with van der Waals surface area (Å²) in [7, 11) is 1.66. The largest absolute Gasteiger partial charge is 0.493 e. The van der Waals surface area contributed by atoms with Gasteiger partial charge in [0.25, 0.3) is 5.91 Å². The fraction of sp³-hybridized carbons (Fsp3) is 0.667. The van der Waals surface area contributed by atoms with Gasteiger partial charge in [-0.25, -0.2) is 0 Å². The lowest BCUT2D eigenvalue weighted by molar-refractivity contribution is -0.142. The Labute approximate surface area is 215 Å². The van der Waals surface area contributed by atoms with Gasteiger partial charge in [-0.05, 0) is 57.2 Å². The van der Waals surface area contributed by atoms with Crippen LogP contribution in [0.4, 0.5) is 0 Å². The molecule has 2 heterocycles. The van der Waals surface area contributed by atoms with E-state index < -0.39 is 0 Å². The van der Waals surface area contributed by atoms with E-state index in [-0.39, 0.29) is 36.0 Å². The molecule has 1 aromatic rings. The van der Waals surface area contributed by atoms with Crippen LogP contribution in [-0.2, 0) is 16.0 Å². The molecule has 1 atom stereocenters. The second-order valence-corrected chi connectivity index (χ2v) is 8.07. The molecule has 1 N–H and O–H groups in total. The van der Waals surface area contributed by atoms with Crippen LogP contribution in [0.3, 0.4) is 0 Å². The number of aryl methyl sites for hydroxylation is 1. The minimum atomic E-state index is -0.232. The third-order valence-corrected chi connectivity index (χ3v) is 5.84. The van der Waals surface area contributed by atoms with Crippen molar-refractivity contribution in [3.05, 3.63) is 23.8 Å². The number of carbonyl (C=O) groups excluding carboxylic acids is 1. The summed E-state index contributed by atoms with van der Waals surface area (Å²) in [5.41, 5.74) is 1.22. The molecule has 0 aliphatic carbocycles. The van der Waals surface area contributed by atoms with Crippen molar-refractivity contribution in [3.8, 4) is 11.5 Å². The molecule has 0 bridgehead atoms. The molecule has 186 valence electrons. The second kappa shape index (κ2) is 14.5. The van der Waals surface area contributed by atoms with Crippen LogP contribution in [0.25, 0.3) is 0 Å². The molecule has 2 aliphatic heterocycles. The highest BCUT2D eigenvalue weighted by Crippen LogP contribution is 2.28. The molecule has 2 fully saturated rings. The molecule has 3 rings (SSSR count). The average molecular weight is 575 g/mol. The number of aliphatic imine (C=N–C) groups is 1. The van der Waals surface area contributed by atoms with Crippen LogP contribution in [0.1, 0.15) is 38.7 Å². The molecular formula is C24H39IN4O4. The molecule has 8 nitrogen and oxygen atoms in total. The second-order valence-electron chi connectivity index (χ2n) is 8.07. The Morgan fingerprint density at radius 2 is 1.94 bits per heavy atom. The number of carbonyl (C=O) groups is 1. The van der Waals surface area contributed by atoms with Crippen molar-refractivity contribution in [1.82, 2.24) is 15.1 Å². The zero-order valence-electron chi connectivity index (χ0n) is 20.2. The molecule has 1 amide bonds. The molecule has 33 heavy (non-hydrogen) atoms. The fourth-order valence-electron chi connectivity index (χ4n) is 4.15. The Bertz CT molecular complexity index is 763. The van der Waals surface area contributed by atoms with Crippen molar-refractivity contribution in [2.45, 2.75) is 45.6 Å². The number of ether oxygens (including phenoxy) is 3. The minimum absolute atomic E-state index is 0. The fourth-order valence-corrected chi connectivity index (χ4v) is 4.15. The number of hydrogen-bond acceptors (Lipinski definition) is 5. The number of benzene rings is 1. The van der Waals surface area contributed by atoms with Crippen LogP contribution >= 0.6 is 24.0 Å². The van der Waals surface area contributed by atoms with Gasteiger partial charge in [-0.2, -0.15) is 0 Å². The number of amides is 1. The van der Waals surface area contributed by atoms with Gasteiger partial charge in [0.1, 0.15) is 6.10 Å². The van der Waals surface area contributed by atoms with Gasteiger partial charge in [0.15, 0.2) is 17.5 Å². The Morgan fingerprint density at radius 1 is 1.18 bits per heavy atom. The average Bonchev–Trinajstić information content (AvgIpc) is 3.36. The Morgan fingerprint density at radius 3 is 2.58 bits per heavy atom. The van der Waals surface area contributed by atoms with E-state index in [1.54, 1.807) is 7.11 Å². The van der Waals surface area contributed by atoms with E-state index in [2.05, 4.69) is 29.3 Å². The topological polar surface area (TPSA) is 75.6 Å². The molecule has 1 unspecified atom stereocenters. The maximum Gasteiger partial charge on any atom is 0.251 e. The highest BCUT2D eigenvalue weighted by molar-refractivity contribution is 14.0. The minimum Gasteiger partial charge on any atom is -0.493 e. The van der Waals surface area contributed by atoms with Crippen molar-refractivity contribution < 1.29 is 19.0 Å². The smallest absolute Gasteiger partial charge is 0.251 e. The van der Waals surface area contributed by atoms with Crippen molar-refractivity contribution in [1.29, 1.82) is 0 Å². The third-order valence-electron chi connectivity index (χ3n) is 5.84. The van der Waals surface area contributed by atoms with E-state index in [0.29, 0.717) is 13.2 Å². The first-order valence-electron chi connectivity index (χ1n) is 11.9. The maximum absolute atomic E-state index is 12.6. The number of rotatable bonds is 9. The standard InChI is InChI=1S/C24H38N4O4.HI/c1-4-25-24(28-15-13-27(14-16-28)23(29)21-9-7-17-32-21)26-12-6-8-19-10-11-20(30-3)22(18-19)31-5-2;/h10-11,18,21H,4-9,12-17H2,1-3H3,(H,25,26);1H. The van der Waals surface area contributed by atoms with Gasteiger partial charge < -0.3 is 29.3 Å². The first-order chi connectivity index (χ1) is 15.7. The van der Waals surface area contributed by atoms with E-state index in [9.17, 15) is 4.79 Å². The molecule has 0 aromatic heterocycles. The summed E-state index contributed by atoms with van der Waals surface area (Å²) in [4.78, 5) is 21.6. The molecule has 0 saturated carbocycles. The lowest BCUT2D eigenvalue weighted by Crippen LogP contribution is -2.55. The first-order valence-corrected chi connectivity index (χ1v) is 11.9. The quantitative estimate of drug-likeness (QED) is 0.212. The molecular weight excluding hydrogens is 535 g/mol. The van der Waals surface area contributed by atoms with Gasteiger partial charge in [0.05, 0.1) is 13.7 Å². The van der Waals surface area contributed by atoms with E-state index in [1.165, 1.54) is 5.56 Å². The summed E-state index contributed by atoms with van der Waals surface area (Å²) in [5, 5.41) is 3.40. The van der Waals surface area contributed by atoms with Crippen LogP contribution in [0.15, 0.2) is 23.2 Å². The van der Waals surface area contributed by atoms with E-state index in [4.69, 9.17) is 19.2 Å². The summed E-state index contributed by atoms with van der Waals surface area (Å²) in [6, 6.07) is 6.10. The van der Waals surface area contributed by atoms with Gasteiger partial charge in [-0.3, -0.25) is 9.79 Å². The highest BCUT2D eigenvalue weighted by Gasteiger charge is 2.30. The van der Waals surface area contributed by atoms with Crippen LogP contribution in [0.2, 0.25) is 0 Å². The summed E-state index contributed by atoms with van der Waals surface area (Å²) in [6.45, 7) is 9.96. The van der Waals surface area contributed by atoms with Crippen molar-refractivity contribution >= 4 is 35.8 Å². The van der Waals surface area contributed by atoms with Crippen LogP contribution in [-0.4, -0.2) is 87.4 Å². The molecule has 0 spiro atoms. The highest BCUT2D eigenvalue weighted by atomic mass is 127. The number of guanidine groups is 1. The predicted molar refractivity (Wildman–Crippen MR) is 141 cm³/mol. The molecule has 2 saturated heterocycles. The van der Waals surface area contributed by atoms with Gasteiger partial charge >= 0.3 is 0 Å². The maximum atomic E-state index is 12.6. The monoisotopic (exact) mass is 574 g/mol. The summed E-state index contributed by atoms with van der Waals surface area (Å²) in [5.74, 6) is 2.64. The summed E-state index contributed by atoms with van der Waals surface area (Å²) >= 11 is 0. The molecule has 2 aliphatic rings.